The van der Waals surface area contributed by atoms with E-state index in [1.54, 1.807) is 4.90 Å². The molecule has 9 nitrogen and oxygen atoms in total. The van der Waals surface area contributed by atoms with Crippen molar-refractivity contribution in [2.24, 2.45) is 5.41 Å². The third-order valence-electron chi connectivity index (χ3n) is 8.62. The van der Waals surface area contributed by atoms with Gasteiger partial charge >= 0.3 is 12.1 Å². The van der Waals surface area contributed by atoms with Crippen LogP contribution in [-0.4, -0.2) is 74.3 Å². The number of halogens is 3. The summed E-state index contributed by atoms with van der Waals surface area (Å²) in [6, 6.07) is 11.6. The van der Waals surface area contributed by atoms with Crippen molar-refractivity contribution in [2.75, 3.05) is 36.9 Å². The van der Waals surface area contributed by atoms with Gasteiger partial charge in [0, 0.05) is 31.6 Å². The number of fused-ring (bicyclic) bond motifs is 1. The molecular weight excluding hydrogens is 587 g/mol. The Morgan fingerprint density at radius 1 is 0.977 bits per heavy atom. The van der Waals surface area contributed by atoms with E-state index in [0.29, 0.717) is 19.3 Å². The number of hydrogen-bond donors (Lipinski definition) is 0. The van der Waals surface area contributed by atoms with Crippen LogP contribution in [0.25, 0.3) is 0 Å². The summed E-state index contributed by atoms with van der Waals surface area (Å²) in [5, 5.41) is 0. The molecule has 0 unspecified atom stereocenters. The van der Waals surface area contributed by atoms with Gasteiger partial charge in [0.2, 0.25) is 0 Å². The van der Waals surface area contributed by atoms with Crippen LogP contribution >= 0.6 is 0 Å². The Kier molecular flexibility index (Phi) is 8.18. The van der Waals surface area contributed by atoms with Crippen molar-refractivity contribution in [1.82, 2.24) is 9.80 Å². The number of likely N-dealkylation sites (tertiary alicyclic amines) is 2. The number of benzene rings is 2. The molecule has 0 atom stereocenters. The second-order valence-electron chi connectivity index (χ2n) is 12.4. The molecule has 0 aliphatic carbocycles. The average molecular weight is 624 g/mol. The molecule has 0 bridgehead atoms. The van der Waals surface area contributed by atoms with Gasteiger partial charge in [0.25, 0.3) is 15.9 Å². The first-order valence-corrected chi connectivity index (χ1v) is 16.1. The fourth-order valence-electron chi connectivity index (χ4n) is 6.32. The highest BCUT2D eigenvalue weighted by atomic mass is 32.2. The first kappa shape index (κ1) is 31.1. The van der Waals surface area contributed by atoms with Crippen LogP contribution in [0.5, 0.6) is 5.75 Å². The number of nitrogens with zero attached hydrogens (tertiary/aromatic N) is 3. The Hall–Kier alpha value is -3.32. The van der Waals surface area contributed by atoms with Gasteiger partial charge in [-0.1, -0.05) is 34.8 Å². The SMILES string of the molecule is CC1(C)Cc2cccc(CN3CCC4(CC3)CCN(C(=O)c3ccccc3N(OC(=O)C(F)(F)F)S(C)(=O)=O)CC4)c2O1. The molecule has 0 aromatic heterocycles. The normalized spacial score (nSPS) is 19.9. The monoisotopic (exact) mass is 623 g/mol. The fourth-order valence-corrected chi connectivity index (χ4v) is 7.04. The van der Waals surface area contributed by atoms with Crippen molar-refractivity contribution in [3.05, 3.63) is 59.2 Å². The lowest BCUT2D eigenvalue weighted by atomic mass is 9.71. The zero-order chi connectivity index (χ0) is 31.2. The van der Waals surface area contributed by atoms with Crippen LogP contribution in [0.2, 0.25) is 0 Å². The molecular formula is C30H36F3N3O6S. The predicted molar refractivity (Wildman–Crippen MR) is 153 cm³/mol. The number of ether oxygens (including phenoxy) is 1. The Balaban J connectivity index is 1.22. The van der Waals surface area contributed by atoms with Crippen LogP contribution in [0.3, 0.4) is 0 Å². The molecule has 0 N–H and O–H groups in total. The van der Waals surface area contributed by atoms with Gasteiger partial charge in [0.15, 0.2) is 0 Å². The molecule has 2 fully saturated rings. The number of anilines is 1. The van der Waals surface area contributed by atoms with Crippen LogP contribution in [-0.2, 0) is 32.6 Å². The van der Waals surface area contributed by atoms with Gasteiger partial charge in [-0.15, -0.1) is 0 Å². The number of piperidine rings is 2. The van der Waals surface area contributed by atoms with Gasteiger partial charge < -0.3 is 14.5 Å². The highest BCUT2D eigenvalue weighted by molar-refractivity contribution is 7.91. The maximum Gasteiger partial charge on any atom is 0.493 e. The molecule has 3 aliphatic rings. The maximum atomic E-state index is 13.5. The van der Waals surface area contributed by atoms with E-state index in [9.17, 15) is 31.2 Å². The first-order valence-electron chi connectivity index (χ1n) is 14.3. The molecule has 2 aromatic carbocycles. The molecule has 43 heavy (non-hydrogen) atoms. The molecule has 13 heteroatoms. The molecule has 3 heterocycles. The summed E-state index contributed by atoms with van der Waals surface area (Å²) in [7, 11) is -4.51. The quantitative estimate of drug-likeness (QED) is 0.431. The van der Waals surface area contributed by atoms with Crippen LogP contribution in [0.1, 0.15) is 61.0 Å². The smallest absolute Gasteiger partial charge is 0.487 e. The van der Waals surface area contributed by atoms with E-state index in [0.717, 1.165) is 63.6 Å². The van der Waals surface area contributed by atoms with E-state index in [-0.39, 0.29) is 21.0 Å². The highest BCUT2D eigenvalue weighted by Crippen LogP contribution is 2.43. The van der Waals surface area contributed by atoms with Gasteiger partial charge in [-0.2, -0.15) is 13.2 Å². The molecule has 2 aromatic rings. The Morgan fingerprint density at radius 2 is 1.60 bits per heavy atom. The number of para-hydroxylation sites is 2. The number of amides is 1. The molecule has 1 spiro atoms. The second kappa shape index (κ2) is 11.3. The summed E-state index contributed by atoms with van der Waals surface area (Å²) in [6.45, 7) is 7.68. The summed E-state index contributed by atoms with van der Waals surface area (Å²) in [6.07, 6.45) is -0.482. The summed E-state index contributed by atoms with van der Waals surface area (Å²) in [5.74, 6) is -2.25. The molecule has 0 saturated carbocycles. The lowest BCUT2D eigenvalue weighted by molar-refractivity contribution is -0.199. The van der Waals surface area contributed by atoms with Crippen LogP contribution < -0.4 is 9.21 Å². The zero-order valence-corrected chi connectivity index (χ0v) is 25.3. The number of carbonyl (C=O) groups is 2. The van der Waals surface area contributed by atoms with Crippen molar-refractivity contribution in [2.45, 2.75) is 64.3 Å². The summed E-state index contributed by atoms with van der Waals surface area (Å²) in [5.41, 5.74) is 1.68. The lowest BCUT2D eigenvalue weighted by Gasteiger charge is -2.47. The van der Waals surface area contributed by atoms with E-state index in [4.69, 9.17) is 4.74 Å². The fraction of sp³-hybridized carbons (Fsp3) is 0.533. The molecule has 3 aliphatic heterocycles. The Bertz CT molecular complexity index is 1490. The van der Waals surface area contributed by atoms with Crippen LogP contribution in [0, 0.1) is 5.41 Å². The van der Waals surface area contributed by atoms with Crippen molar-refractivity contribution in [1.29, 1.82) is 0 Å². The number of rotatable bonds is 6. The average Bonchev–Trinajstić information content (AvgIpc) is 3.27. The molecule has 2 saturated heterocycles. The summed E-state index contributed by atoms with van der Waals surface area (Å²) in [4.78, 5) is 33.2. The van der Waals surface area contributed by atoms with Gasteiger partial charge in [-0.25, -0.2) is 13.2 Å². The third-order valence-corrected chi connectivity index (χ3v) is 9.50. The van der Waals surface area contributed by atoms with E-state index in [1.165, 1.54) is 29.3 Å². The lowest BCUT2D eigenvalue weighted by Crippen LogP contribution is -2.48. The number of alkyl halides is 3. The van der Waals surface area contributed by atoms with Crippen molar-refractivity contribution in [3.63, 3.8) is 0 Å². The number of sulfonamides is 1. The summed E-state index contributed by atoms with van der Waals surface area (Å²) >= 11 is 0. The molecule has 5 rings (SSSR count). The zero-order valence-electron chi connectivity index (χ0n) is 24.4. The summed E-state index contributed by atoms with van der Waals surface area (Å²) < 4.78 is 69.4. The standard InChI is InChI=1S/C30H36F3N3O6S/c1-28(2)19-21-7-6-8-22(25(21)41-28)20-34-15-11-29(12-16-34)13-17-35(18-14-29)26(37)23-9-4-5-10-24(23)36(43(3,39)40)42-27(38)30(31,32)33/h4-10H,11-20H2,1-3H3. The number of carbonyl (C=O) groups excluding carboxylic acids is 2. The molecule has 234 valence electrons. The molecule has 0 radical (unpaired) electrons. The van der Waals surface area contributed by atoms with E-state index >= 15 is 0 Å². The minimum absolute atomic E-state index is 0.0744. The van der Waals surface area contributed by atoms with Crippen LogP contribution in [0.4, 0.5) is 18.9 Å². The Morgan fingerprint density at radius 3 is 2.23 bits per heavy atom. The maximum absolute atomic E-state index is 13.5. The van der Waals surface area contributed by atoms with Crippen molar-refractivity contribution < 1.29 is 40.8 Å². The Labute approximate surface area is 249 Å². The molecule has 1 amide bonds. The van der Waals surface area contributed by atoms with Crippen LogP contribution in [0.15, 0.2) is 42.5 Å². The minimum atomic E-state index is -5.43. The topological polar surface area (TPSA) is 96.5 Å². The van der Waals surface area contributed by atoms with E-state index < -0.39 is 33.8 Å². The van der Waals surface area contributed by atoms with Crippen molar-refractivity contribution >= 4 is 27.6 Å². The van der Waals surface area contributed by atoms with Gasteiger partial charge in [-0.05, 0) is 75.7 Å². The van der Waals surface area contributed by atoms with E-state index in [1.807, 2.05) is 0 Å². The van der Waals surface area contributed by atoms with Gasteiger partial charge in [0.1, 0.15) is 17.0 Å². The predicted octanol–water partition coefficient (Wildman–Crippen LogP) is 4.71. The minimum Gasteiger partial charge on any atom is -0.487 e. The van der Waals surface area contributed by atoms with Gasteiger partial charge in [-0.3, -0.25) is 9.69 Å². The van der Waals surface area contributed by atoms with E-state index in [2.05, 4.69) is 41.8 Å². The largest absolute Gasteiger partial charge is 0.493 e. The van der Waals surface area contributed by atoms with Crippen molar-refractivity contribution in [3.8, 4) is 5.75 Å². The first-order chi connectivity index (χ1) is 20.1. The van der Waals surface area contributed by atoms with Gasteiger partial charge in [0.05, 0.1) is 11.8 Å². The number of hydrogen-bond acceptors (Lipinski definition) is 7. The second-order valence-corrected chi connectivity index (χ2v) is 14.2. The highest BCUT2D eigenvalue weighted by Gasteiger charge is 2.45. The third kappa shape index (κ3) is 6.77.